The molecule has 1 aromatic carbocycles. The maximum atomic E-state index is 12.3. The predicted molar refractivity (Wildman–Crippen MR) is 92.7 cm³/mol. The third-order valence-electron chi connectivity index (χ3n) is 4.79. The number of carbonyl (C=O) groups excluding carboxylic acids is 1. The molecule has 2 saturated heterocycles. The molecule has 0 aromatic heterocycles. The van der Waals surface area contributed by atoms with Crippen molar-refractivity contribution >= 4 is 5.91 Å². The molecule has 1 amide bonds. The Hall–Kier alpha value is -1.43. The highest BCUT2D eigenvalue weighted by Crippen LogP contribution is 2.15. The second-order valence-electron chi connectivity index (χ2n) is 6.83. The van der Waals surface area contributed by atoms with Crippen molar-refractivity contribution in [3.63, 3.8) is 0 Å². The number of nitrogens with one attached hydrogen (secondary N) is 1. The Bertz CT molecular complexity index is 517. The van der Waals surface area contributed by atoms with Gasteiger partial charge in [0.05, 0.1) is 12.7 Å². The molecule has 2 aliphatic heterocycles. The zero-order valence-corrected chi connectivity index (χ0v) is 14.4. The summed E-state index contributed by atoms with van der Waals surface area (Å²) in [4.78, 5) is 14.7. The van der Waals surface area contributed by atoms with Crippen molar-refractivity contribution in [2.45, 2.75) is 51.0 Å². The maximum absolute atomic E-state index is 12.3. The van der Waals surface area contributed by atoms with Crippen molar-refractivity contribution in [1.82, 2.24) is 10.2 Å². The van der Waals surface area contributed by atoms with Crippen molar-refractivity contribution in [2.75, 3.05) is 26.3 Å². The van der Waals surface area contributed by atoms with Gasteiger partial charge in [0, 0.05) is 32.3 Å². The van der Waals surface area contributed by atoms with Crippen LogP contribution in [0, 0.1) is 0 Å². The summed E-state index contributed by atoms with van der Waals surface area (Å²) in [5, 5.41) is 3.12. The lowest BCUT2D eigenvalue weighted by atomic mass is 10.2. The molecule has 1 N–H and O–H groups in total. The second-order valence-corrected chi connectivity index (χ2v) is 6.83. The van der Waals surface area contributed by atoms with Gasteiger partial charge in [0.1, 0.15) is 6.10 Å². The van der Waals surface area contributed by atoms with Crippen molar-refractivity contribution in [3.05, 3.63) is 35.9 Å². The van der Waals surface area contributed by atoms with Gasteiger partial charge in [-0.3, -0.25) is 9.69 Å². The van der Waals surface area contributed by atoms with Gasteiger partial charge in [0.2, 0.25) is 5.91 Å². The summed E-state index contributed by atoms with van der Waals surface area (Å²) in [5.74, 6) is -0.0143. The Kier molecular flexibility index (Phi) is 6.24. The number of carbonyl (C=O) groups is 1. The third-order valence-corrected chi connectivity index (χ3v) is 4.79. The minimum Gasteiger partial charge on any atom is -0.376 e. The summed E-state index contributed by atoms with van der Waals surface area (Å²) < 4.78 is 11.2. The average Bonchev–Trinajstić information content (AvgIpc) is 3.25. The highest BCUT2D eigenvalue weighted by atomic mass is 16.5. The van der Waals surface area contributed by atoms with Crippen LogP contribution in [0.3, 0.4) is 0 Å². The average molecular weight is 332 g/mol. The number of hydrogen-bond donors (Lipinski definition) is 1. The minimum atomic E-state index is -0.419. The monoisotopic (exact) mass is 332 g/mol. The van der Waals surface area contributed by atoms with E-state index in [9.17, 15) is 4.79 Å². The molecule has 0 radical (unpaired) electrons. The van der Waals surface area contributed by atoms with Crippen LogP contribution < -0.4 is 5.32 Å². The van der Waals surface area contributed by atoms with Crippen LogP contribution in [0.4, 0.5) is 0 Å². The summed E-state index contributed by atoms with van der Waals surface area (Å²) in [7, 11) is 0. The molecule has 2 fully saturated rings. The van der Waals surface area contributed by atoms with Crippen molar-refractivity contribution < 1.29 is 14.3 Å². The molecule has 1 aromatic rings. The summed E-state index contributed by atoms with van der Waals surface area (Å²) in [6, 6.07) is 10.7. The van der Waals surface area contributed by atoms with E-state index >= 15 is 0 Å². The summed E-state index contributed by atoms with van der Waals surface area (Å²) in [6.45, 7) is 6.01. The highest BCUT2D eigenvalue weighted by molar-refractivity contribution is 5.80. The molecule has 0 spiro atoms. The smallest absolute Gasteiger partial charge is 0.249 e. The van der Waals surface area contributed by atoms with E-state index in [4.69, 9.17) is 9.47 Å². The lowest BCUT2D eigenvalue weighted by molar-refractivity contribution is -0.134. The van der Waals surface area contributed by atoms with Gasteiger partial charge < -0.3 is 14.8 Å². The van der Waals surface area contributed by atoms with E-state index in [1.165, 1.54) is 5.56 Å². The first-order chi connectivity index (χ1) is 11.7. The number of ether oxygens (including phenoxy) is 2. The maximum Gasteiger partial charge on any atom is 0.249 e. The summed E-state index contributed by atoms with van der Waals surface area (Å²) in [6.07, 6.45) is 2.86. The van der Waals surface area contributed by atoms with E-state index in [-0.39, 0.29) is 18.1 Å². The van der Waals surface area contributed by atoms with Crippen LogP contribution in [0.15, 0.2) is 30.3 Å². The molecule has 3 atom stereocenters. The standard InChI is InChI=1S/C19H28N2O3/c1-15(24-14-18-8-5-11-23-18)19(22)20-17-9-10-21(13-17)12-16-6-3-2-4-7-16/h2-4,6-7,15,17-18H,5,8-14H2,1H3,(H,20,22)/t15-,17+,18+/m0/s1. The van der Waals surface area contributed by atoms with Gasteiger partial charge in [-0.15, -0.1) is 0 Å². The fourth-order valence-corrected chi connectivity index (χ4v) is 3.36. The van der Waals surface area contributed by atoms with Gasteiger partial charge in [-0.2, -0.15) is 0 Å². The van der Waals surface area contributed by atoms with E-state index < -0.39 is 6.10 Å². The van der Waals surface area contributed by atoms with Gasteiger partial charge in [0.15, 0.2) is 0 Å². The van der Waals surface area contributed by atoms with Crippen molar-refractivity contribution in [3.8, 4) is 0 Å². The fourth-order valence-electron chi connectivity index (χ4n) is 3.36. The lowest BCUT2D eigenvalue weighted by Crippen LogP contribution is -2.43. The SMILES string of the molecule is C[C@H](OC[C@H]1CCCO1)C(=O)N[C@@H]1CCN(Cc2ccccc2)C1. The first kappa shape index (κ1) is 17.4. The van der Waals surface area contributed by atoms with Crippen molar-refractivity contribution in [1.29, 1.82) is 0 Å². The largest absolute Gasteiger partial charge is 0.376 e. The molecule has 0 unspecified atom stereocenters. The lowest BCUT2D eigenvalue weighted by Gasteiger charge is -2.20. The molecular formula is C19H28N2O3. The third kappa shape index (κ3) is 5.03. The van der Waals surface area contributed by atoms with Gasteiger partial charge in [-0.05, 0) is 31.7 Å². The molecule has 3 rings (SSSR count). The molecule has 0 aliphatic carbocycles. The van der Waals surface area contributed by atoms with E-state index in [1.807, 2.05) is 13.0 Å². The number of nitrogens with zero attached hydrogens (tertiary/aromatic N) is 1. The van der Waals surface area contributed by atoms with Crippen LogP contribution in [0.1, 0.15) is 31.7 Å². The molecular weight excluding hydrogens is 304 g/mol. The fraction of sp³-hybridized carbons (Fsp3) is 0.632. The molecule has 132 valence electrons. The topological polar surface area (TPSA) is 50.8 Å². The Morgan fingerprint density at radius 1 is 1.38 bits per heavy atom. The quantitative estimate of drug-likeness (QED) is 0.829. The second kappa shape index (κ2) is 8.60. The van der Waals surface area contributed by atoms with Gasteiger partial charge >= 0.3 is 0 Å². The number of likely N-dealkylation sites (tertiary alicyclic amines) is 1. The van der Waals surface area contributed by atoms with Crippen LogP contribution in [-0.2, 0) is 20.8 Å². The van der Waals surface area contributed by atoms with Crippen LogP contribution >= 0.6 is 0 Å². The molecule has 0 bridgehead atoms. The highest BCUT2D eigenvalue weighted by Gasteiger charge is 2.26. The Labute approximate surface area is 144 Å². The zero-order valence-electron chi connectivity index (χ0n) is 14.4. The van der Waals surface area contributed by atoms with Gasteiger partial charge in [-0.25, -0.2) is 0 Å². The number of hydrogen-bond acceptors (Lipinski definition) is 4. The first-order valence-electron chi connectivity index (χ1n) is 9.00. The molecule has 2 aliphatic rings. The van der Waals surface area contributed by atoms with E-state index in [2.05, 4.69) is 34.5 Å². The van der Waals surface area contributed by atoms with Crippen LogP contribution in [0.25, 0.3) is 0 Å². The Morgan fingerprint density at radius 3 is 2.96 bits per heavy atom. The van der Waals surface area contributed by atoms with E-state index in [1.54, 1.807) is 0 Å². The van der Waals surface area contributed by atoms with E-state index in [0.717, 1.165) is 45.5 Å². The van der Waals surface area contributed by atoms with E-state index in [0.29, 0.717) is 6.61 Å². The number of amides is 1. The predicted octanol–water partition coefficient (Wildman–Crippen LogP) is 1.96. The molecule has 24 heavy (non-hydrogen) atoms. The van der Waals surface area contributed by atoms with Crippen LogP contribution in [-0.4, -0.2) is 55.4 Å². The summed E-state index contributed by atoms with van der Waals surface area (Å²) >= 11 is 0. The zero-order chi connectivity index (χ0) is 16.8. The number of benzene rings is 1. The molecule has 2 heterocycles. The van der Waals surface area contributed by atoms with Crippen LogP contribution in [0.2, 0.25) is 0 Å². The first-order valence-corrected chi connectivity index (χ1v) is 9.00. The van der Waals surface area contributed by atoms with Crippen LogP contribution in [0.5, 0.6) is 0 Å². The molecule has 5 nitrogen and oxygen atoms in total. The van der Waals surface area contributed by atoms with Gasteiger partial charge in [-0.1, -0.05) is 30.3 Å². The Morgan fingerprint density at radius 2 is 2.21 bits per heavy atom. The summed E-state index contributed by atoms with van der Waals surface area (Å²) in [5.41, 5.74) is 1.32. The molecule has 0 saturated carbocycles. The van der Waals surface area contributed by atoms with Gasteiger partial charge in [0.25, 0.3) is 0 Å². The molecule has 5 heteroatoms. The number of rotatable bonds is 7. The normalized spacial score (nSPS) is 25.7. The van der Waals surface area contributed by atoms with Crippen molar-refractivity contribution in [2.24, 2.45) is 0 Å². The minimum absolute atomic E-state index is 0.0143. The Balaban J connectivity index is 1.37.